The highest BCUT2D eigenvalue weighted by molar-refractivity contribution is 5.99. The summed E-state index contributed by atoms with van der Waals surface area (Å²) in [6, 6.07) is -1.47. The molecule has 0 rings (SSSR count). The molecule has 0 fully saturated rings. The first-order chi connectivity index (χ1) is 12.8. The average Bonchev–Trinajstić information content (AvgIpc) is 2.56. The van der Waals surface area contributed by atoms with E-state index >= 15 is 0 Å². The van der Waals surface area contributed by atoms with Crippen LogP contribution in [0.15, 0.2) is 0 Å². The molecule has 0 aromatic heterocycles. The van der Waals surface area contributed by atoms with Gasteiger partial charge in [-0.1, -0.05) is 27.7 Å². The molecule has 9 heteroatoms. The van der Waals surface area contributed by atoms with Crippen molar-refractivity contribution in [3.8, 4) is 0 Å². The number of carbonyl (C=O) groups excluding carboxylic acids is 3. The molecule has 0 bridgehead atoms. The molecule has 0 spiro atoms. The van der Waals surface area contributed by atoms with Gasteiger partial charge in [0.25, 0.3) is 0 Å². The first-order valence-corrected chi connectivity index (χ1v) is 9.52. The van der Waals surface area contributed by atoms with Crippen LogP contribution in [0.5, 0.6) is 0 Å². The number of aliphatic hydroxyl groups is 2. The maximum atomic E-state index is 12.4. The number of ether oxygens (including phenoxy) is 2. The summed E-state index contributed by atoms with van der Waals surface area (Å²) in [5.41, 5.74) is -1.76. The van der Waals surface area contributed by atoms with Gasteiger partial charge in [-0.2, -0.15) is 0 Å². The first-order valence-electron chi connectivity index (χ1n) is 9.52. The molecule has 1 amide bonds. The van der Waals surface area contributed by atoms with Gasteiger partial charge in [0.05, 0.1) is 19.3 Å². The fourth-order valence-electron chi connectivity index (χ4n) is 2.86. The third-order valence-electron chi connectivity index (χ3n) is 4.18. The Morgan fingerprint density at radius 2 is 1.43 bits per heavy atom. The van der Waals surface area contributed by atoms with Crippen LogP contribution in [0.2, 0.25) is 0 Å². The number of esters is 2. The van der Waals surface area contributed by atoms with Crippen LogP contribution >= 0.6 is 0 Å². The highest BCUT2D eigenvalue weighted by Crippen LogP contribution is 2.36. The van der Waals surface area contributed by atoms with E-state index in [1.165, 1.54) is 0 Å². The van der Waals surface area contributed by atoms with Gasteiger partial charge in [-0.15, -0.1) is 0 Å². The molecule has 28 heavy (non-hydrogen) atoms. The van der Waals surface area contributed by atoms with Gasteiger partial charge in [-0.05, 0) is 27.2 Å². The van der Waals surface area contributed by atoms with Crippen LogP contribution in [0, 0.1) is 10.8 Å². The van der Waals surface area contributed by atoms with Crippen molar-refractivity contribution in [2.45, 2.75) is 73.3 Å². The van der Waals surface area contributed by atoms with E-state index in [9.17, 15) is 24.6 Å². The fraction of sp³-hybridized carbons (Fsp3) is 0.842. The smallest absolute Gasteiger partial charge is 0.334 e. The lowest BCUT2D eigenvalue weighted by molar-refractivity contribution is -0.161. The van der Waals surface area contributed by atoms with E-state index in [0.29, 0.717) is 0 Å². The van der Waals surface area contributed by atoms with E-state index in [1.807, 2.05) is 0 Å². The molecule has 2 unspecified atom stereocenters. The van der Waals surface area contributed by atoms with Crippen molar-refractivity contribution in [1.82, 2.24) is 10.6 Å². The molecular formula is C19H36N2O7. The van der Waals surface area contributed by atoms with Crippen LogP contribution in [0.1, 0.15) is 54.9 Å². The molecular weight excluding hydrogens is 368 g/mol. The Morgan fingerprint density at radius 1 is 0.964 bits per heavy atom. The quantitative estimate of drug-likeness (QED) is 0.208. The van der Waals surface area contributed by atoms with Crippen molar-refractivity contribution in [3.63, 3.8) is 0 Å². The second-order valence-corrected chi connectivity index (χ2v) is 8.11. The van der Waals surface area contributed by atoms with Gasteiger partial charge >= 0.3 is 11.9 Å². The Bertz CT molecular complexity index is 514. The molecule has 0 aliphatic heterocycles. The van der Waals surface area contributed by atoms with Gasteiger partial charge in [0.1, 0.15) is 6.23 Å². The van der Waals surface area contributed by atoms with E-state index < -0.39 is 41.1 Å². The predicted molar refractivity (Wildman–Crippen MR) is 103 cm³/mol. The fourth-order valence-corrected chi connectivity index (χ4v) is 2.86. The minimum absolute atomic E-state index is 0.0758. The molecule has 0 heterocycles. The minimum Gasteiger partial charge on any atom is -0.464 e. The van der Waals surface area contributed by atoms with E-state index in [0.717, 1.165) is 0 Å². The lowest BCUT2D eigenvalue weighted by atomic mass is 9.73. The van der Waals surface area contributed by atoms with E-state index in [-0.39, 0.29) is 32.1 Å². The van der Waals surface area contributed by atoms with Gasteiger partial charge in [0.15, 0.2) is 0 Å². The summed E-state index contributed by atoms with van der Waals surface area (Å²) in [5, 5.41) is 25.2. The predicted octanol–water partition coefficient (Wildman–Crippen LogP) is 0.329. The Kier molecular flexibility index (Phi) is 10.6. The van der Waals surface area contributed by atoms with E-state index in [4.69, 9.17) is 9.47 Å². The average molecular weight is 405 g/mol. The zero-order chi connectivity index (χ0) is 22.1. The number of carbonyl (C=O) groups is 3. The Morgan fingerprint density at radius 3 is 1.82 bits per heavy atom. The summed E-state index contributed by atoms with van der Waals surface area (Å²) in [6.45, 7) is 11.9. The molecule has 0 aliphatic carbocycles. The summed E-state index contributed by atoms with van der Waals surface area (Å²) < 4.78 is 9.75. The minimum atomic E-state index is -1.47. The molecule has 0 aromatic rings. The summed E-state index contributed by atoms with van der Waals surface area (Å²) >= 11 is 0. The van der Waals surface area contributed by atoms with Crippen molar-refractivity contribution in [3.05, 3.63) is 0 Å². The van der Waals surface area contributed by atoms with Crippen LogP contribution in [-0.2, 0) is 23.9 Å². The van der Waals surface area contributed by atoms with Gasteiger partial charge in [-0.25, -0.2) is 9.59 Å². The summed E-state index contributed by atoms with van der Waals surface area (Å²) in [5.74, 6) is -1.96. The molecule has 0 radical (unpaired) electrons. The zero-order valence-corrected chi connectivity index (χ0v) is 18.0. The molecule has 0 aromatic carbocycles. The molecule has 0 aliphatic rings. The highest BCUT2D eigenvalue weighted by atomic mass is 16.6. The summed E-state index contributed by atoms with van der Waals surface area (Å²) in [4.78, 5) is 36.6. The van der Waals surface area contributed by atoms with Gasteiger partial charge < -0.3 is 25.0 Å². The third kappa shape index (κ3) is 8.53. The van der Waals surface area contributed by atoms with Crippen LogP contribution in [0.25, 0.3) is 0 Å². The largest absolute Gasteiger partial charge is 0.464 e. The Balaban J connectivity index is 5.22. The monoisotopic (exact) mass is 404 g/mol. The highest BCUT2D eigenvalue weighted by Gasteiger charge is 2.41. The van der Waals surface area contributed by atoms with Crippen molar-refractivity contribution < 1.29 is 34.1 Å². The second kappa shape index (κ2) is 11.3. The molecule has 9 nitrogen and oxygen atoms in total. The van der Waals surface area contributed by atoms with Crippen LogP contribution in [0.4, 0.5) is 0 Å². The van der Waals surface area contributed by atoms with Gasteiger partial charge in [0.2, 0.25) is 11.9 Å². The molecule has 0 saturated carbocycles. The number of hydrogen-bond acceptors (Lipinski definition) is 8. The number of rotatable bonds is 12. The molecule has 164 valence electrons. The standard InChI is InChI=1S/C19H36N2O7/c1-8-27-14(23)13(15(24)28-9-2)21-17(26)19(6,7)11-18(4,5)16(25)20-10-12(3)22/h12-13,17,21-22,26H,8-11H2,1-7H3,(H,20,25). The van der Waals surface area contributed by atoms with Crippen molar-refractivity contribution in [1.29, 1.82) is 0 Å². The van der Waals surface area contributed by atoms with Crippen LogP contribution in [0.3, 0.4) is 0 Å². The third-order valence-corrected chi connectivity index (χ3v) is 4.18. The van der Waals surface area contributed by atoms with Crippen molar-refractivity contribution in [2.75, 3.05) is 19.8 Å². The Hall–Kier alpha value is -1.71. The second-order valence-electron chi connectivity index (χ2n) is 8.11. The van der Waals surface area contributed by atoms with E-state index in [1.54, 1.807) is 48.5 Å². The maximum Gasteiger partial charge on any atom is 0.334 e. The van der Waals surface area contributed by atoms with Gasteiger partial charge in [-0.3, -0.25) is 10.1 Å². The summed E-state index contributed by atoms with van der Waals surface area (Å²) in [6.07, 6.45) is -1.73. The zero-order valence-electron chi connectivity index (χ0n) is 18.0. The van der Waals surface area contributed by atoms with Crippen molar-refractivity contribution >= 4 is 17.8 Å². The molecule has 0 saturated heterocycles. The van der Waals surface area contributed by atoms with Crippen molar-refractivity contribution in [2.24, 2.45) is 10.8 Å². The van der Waals surface area contributed by atoms with Crippen LogP contribution < -0.4 is 10.6 Å². The summed E-state index contributed by atoms with van der Waals surface area (Å²) in [7, 11) is 0. The number of aliphatic hydroxyl groups excluding tert-OH is 2. The van der Waals surface area contributed by atoms with E-state index in [2.05, 4.69) is 10.6 Å². The first kappa shape index (κ1) is 26.3. The number of amides is 1. The Labute approximate surface area is 167 Å². The lowest BCUT2D eigenvalue weighted by Gasteiger charge is -2.38. The normalized spacial score (nSPS) is 14.4. The number of nitrogens with one attached hydrogen (secondary N) is 2. The van der Waals surface area contributed by atoms with Crippen LogP contribution in [-0.4, -0.2) is 66.2 Å². The molecule has 2 atom stereocenters. The lowest BCUT2D eigenvalue weighted by Crippen LogP contribution is -2.55. The van der Waals surface area contributed by atoms with Gasteiger partial charge in [0, 0.05) is 17.4 Å². The number of hydrogen-bond donors (Lipinski definition) is 4. The molecule has 4 N–H and O–H groups in total. The topological polar surface area (TPSA) is 134 Å². The maximum absolute atomic E-state index is 12.4. The SMILES string of the molecule is CCOC(=O)C(NC(O)C(C)(C)CC(C)(C)C(=O)NCC(C)O)C(=O)OCC.